The minimum absolute atomic E-state index is 0.259. The van der Waals surface area contributed by atoms with Gasteiger partial charge in [-0.05, 0) is 20.8 Å². The van der Waals surface area contributed by atoms with E-state index >= 15 is 0 Å². The van der Waals surface area contributed by atoms with Gasteiger partial charge in [0.1, 0.15) is 0 Å². The molecule has 3 nitrogen and oxygen atoms in total. The second-order valence-electron chi connectivity index (χ2n) is 3.06. The zero-order chi connectivity index (χ0) is 8.91. The van der Waals surface area contributed by atoms with E-state index < -0.39 is 5.97 Å². The maximum atomic E-state index is 10.5. The van der Waals surface area contributed by atoms with Crippen molar-refractivity contribution in [1.82, 2.24) is 0 Å². The number of rotatable bonds is 2. The Morgan fingerprint density at radius 3 is 2.27 bits per heavy atom. The number of hydrogen-bond acceptors (Lipinski definition) is 3. The molecule has 0 aromatic heterocycles. The second-order valence-corrected chi connectivity index (χ2v) is 3.06. The zero-order valence-corrected chi connectivity index (χ0v) is 7.38. The lowest BCUT2D eigenvalue weighted by atomic mass is 10.2. The van der Waals surface area contributed by atoms with Gasteiger partial charge in [-0.2, -0.15) is 0 Å². The molecule has 3 heteroatoms. The van der Waals surface area contributed by atoms with Crippen LogP contribution >= 0.6 is 0 Å². The lowest BCUT2D eigenvalue weighted by Gasteiger charge is -2.17. The standard InChI is InChI=1S/C8H14O3/c1-8(2,3)11-6-5-7(9)10-4/h5-6H,1-4H3/b6-5+. The van der Waals surface area contributed by atoms with E-state index in [4.69, 9.17) is 4.74 Å². The van der Waals surface area contributed by atoms with Gasteiger partial charge in [0.15, 0.2) is 0 Å². The van der Waals surface area contributed by atoms with Crippen LogP contribution in [0.3, 0.4) is 0 Å². The number of methoxy groups -OCH3 is 1. The van der Waals surface area contributed by atoms with Gasteiger partial charge in [0.2, 0.25) is 0 Å². The van der Waals surface area contributed by atoms with Crippen molar-refractivity contribution in [3.63, 3.8) is 0 Å². The Labute approximate surface area is 67.0 Å². The van der Waals surface area contributed by atoms with Crippen LogP contribution in [0.25, 0.3) is 0 Å². The van der Waals surface area contributed by atoms with Crippen molar-refractivity contribution >= 4 is 5.97 Å². The van der Waals surface area contributed by atoms with E-state index in [1.165, 1.54) is 19.4 Å². The molecule has 0 amide bonds. The molecule has 0 spiro atoms. The van der Waals surface area contributed by atoms with Crippen LogP contribution < -0.4 is 0 Å². The molecule has 0 aliphatic rings. The lowest BCUT2D eigenvalue weighted by Crippen LogP contribution is -2.15. The van der Waals surface area contributed by atoms with Crippen LogP contribution in [0.5, 0.6) is 0 Å². The van der Waals surface area contributed by atoms with Gasteiger partial charge in [0, 0.05) is 0 Å². The van der Waals surface area contributed by atoms with Crippen molar-refractivity contribution in [3.8, 4) is 0 Å². The molecule has 0 fully saturated rings. The Bertz CT molecular complexity index is 153. The molecule has 0 bridgehead atoms. The van der Waals surface area contributed by atoms with E-state index in [-0.39, 0.29) is 5.60 Å². The monoisotopic (exact) mass is 158 g/mol. The van der Waals surface area contributed by atoms with Crippen molar-refractivity contribution in [2.24, 2.45) is 0 Å². The van der Waals surface area contributed by atoms with Crippen LogP contribution in [0.2, 0.25) is 0 Å². The minimum atomic E-state index is -0.408. The topological polar surface area (TPSA) is 35.5 Å². The molecule has 0 radical (unpaired) electrons. The minimum Gasteiger partial charge on any atom is -0.495 e. The maximum absolute atomic E-state index is 10.5. The molecule has 64 valence electrons. The molecule has 0 heterocycles. The highest BCUT2D eigenvalue weighted by Crippen LogP contribution is 2.06. The molecule has 0 saturated heterocycles. The molecule has 0 aromatic rings. The molecule has 0 aliphatic carbocycles. The fourth-order valence-electron chi connectivity index (χ4n) is 0.362. The van der Waals surface area contributed by atoms with Gasteiger partial charge < -0.3 is 9.47 Å². The summed E-state index contributed by atoms with van der Waals surface area (Å²) in [4.78, 5) is 10.5. The number of carbonyl (C=O) groups excluding carboxylic acids is 1. The molecular weight excluding hydrogens is 144 g/mol. The van der Waals surface area contributed by atoms with Gasteiger partial charge in [-0.15, -0.1) is 0 Å². The van der Waals surface area contributed by atoms with Gasteiger partial charge in [-0.3, -0.25) is 0 Å². The van der Waals surface area contributed by atoms with Crippen molar-refractivity contribution < 1.29 is 14.3 Å². The molecule has 0 rings (SSSR count). The number of carbonyl (C=O) groups is 1. The number of ether oxygens (including phenoxy) is 2. The summed E-state index contributed by atoms with van der Waals surface area (Å²) in [6.07, 6.45) is 2.58. The Morgan fingerprint density at radius 1 is 1.36 bits per heavy atom. The average Bonchev–Trinajstić information content (AvgIpc) is 1.85. The fourth-order valence-corrected chi connectivity index (χ4v) is 0.362. The number of esters is 1. The van der Waals surface area contributed by atoms with Crippen LogP contribution in [-0.4, -0.2) is 18.7 Å². The highest BCUT2D eigenvalue weighted by Gasteiger charge is 2.07. The summed E-state index contributed by atoms with van der Waals surface area (Å²) in [6, 6.07) is 0. The zero-order valence-electron chi connectivity index (χ0n) is 7.38. The van der Waals surface area contributed by atoms with Crippen LogP contribution in [0.15, 0.2) is 12.3 Å². The Morgan fingerprint density at radius 2 is 1.91 bits per heavy atom. The summed E-state index contributed by atoms with van der Waals surface area (Å²) in [5.74, 6) is -0.408. The largest absolute Gasteiger partial charge is 0.495 e. The first-order valence-electron chi connectivity index (χ1n) is 3.38. The summed E-state index contributed by atoms with van der Waals surface area (Å²) >= 11 is 0. The molecule has 0 atom stereocenters. The molecule has 11 heavy (non-hydrogen) atoms. The molecule has 0 N–H and O–H groups in total. The molecule has 0 unspecified atom stereocenters. The van der Waals surface area contributed by atoms with E-state index in [2.05, 4.69) is 4.74 Å². The van der Waals surface area contributed by atoms with Gasteiger partial charge in [0.25, 0.3) is 0 Å². The normalized spacial score (nSPS) is 11.6. The summed E-state index contributed by atoms with van der Waals surface area (Å²) in [6.45, 7) is 5.69. The highest BCUT2D eigenvalue weighted by molar-refractivity contribution is 5.81. The van der Waals surface area contributed by atoms with Gasteiger partial charge >= 0.3 is 5.97 Å². The molecule has 0 aliphatic heterocycles. The Hall–Kier alpha value is -0.990. The predicted octanol–water partition coefficient (Wildman–Crippen LogP) is 1.49. The first kappa shape index (κ1) is 10.0. The smallest absolute Gasteiger partial charge is 0.333 e. The van der Waals surface area contributed by atoms with E-state index in [0.29, 0.717) is 0 Å². The average molecular weight is 158 g/mol. The lowest BCUT2D eigenvalue weighted by molar-refractivity contribution is -0.135. The molecule has 0 aromatic carbocycles. The van der Waals surface area contributed by atoms with Crippen molar-refractivity contribution in [3.05, 3.63) is 12.3 Å². The number of hydrogen-bond donors (Lipinski definition) is 0. The van der Waals surface area contributed by atoms with Gasteiger partial charge in [0.05, 0.1) is 25.0 Å². The summed E-state index contributed by atoms with van der Waals surface area (Å²) in [7, 11) is 1.32. The summed E-state index contributed by atoms with van der Waals surface area (Å²) < 4.78 is 9.48. The highest BCUT2D eigenvalue weighted by atomic mass is 16.5. The SMILES string of the molecule is COC(=O)/C=C/OC(C)(C)C. The summed E-state index contributed by atoms with van der Waals surface area (Å²) in [5.41, 5.74) is -0.259. The van der Waals surface area contributed by atoms with E-state index in [1.54, 1.807) is 0 Å². The Kier molecular flexibility index (Phi) is 3.65. The predicted molar refractivity (Wildman–Crippen MR) is 42.0 cm³/mol. The van der Waals surface area contributed by atoms with Crippen molar-refractivity contribution in [2.75, 3.05) is 7.11 Å². The van der Waals surface area contributed by atoms with E-state index in [0.717, 1.165) is 0 Å². The van der Waals surface area contributed by atoms with Crippen LogP contribution in [0.4, 0.5) is 0 Å². The maximum Gasteiger partial charge on any atom is 0.333 e. The third-order valence-electron chi connectivity index (χ3n) is 0.827. The summed E-state index contributed by atoms with van der Waals surface area (Å²) in [5, 5.41) is 0. The molecular formula is C8H14O3. The van der Waals surface area contributed by atoms with Crippen LogP contribution in [0, 0.1) is 0 Å². The van der Waals surface area contributed by atoms with E-state index in [1.807, 2.05) is 20.8 Å². The molecule has 0 saturated carbocycles. The van der Waals surface area contributed by atoms with Crippen molar-refractivity contribution in [2.45, 2.75) is 26.4 Å². The quantitative estimate of drug-likeness (QED) is 0.347. The first-order chi connectivity index (χ1) is 4.95. The Balaban J connectivity index is 3.70. The third kappa shape index (κ3) is 6.90. The van der Waals surface area contributed by atoms with Crippen LogP contribution in [-0.2, 0) is 14.3 Å². The first-order valence-corrected chi connectivity index (χ1v) is 3.38. The van der Waals surface area contributed by atoms with Crippen molar-refractivity contribution in [1.29, 1.82) is 0 Å². The van der Waals surface area contributed by atoms with Gasteiger partial charge in [-0.25, -0.2) is 4.79 Å². The second kappa shape index (κ2) is 4.01. The van der Waals surface area contributed by atoms with Crippen LogP contribution in [0.1, 0.15) is 20.8 Å². The van der Waals surface area contributed by atoms with Gasteiger partial charge in [-0.1, -0.05) is 0 Å². The fraction of sp³-hybridized carbons (Fsp3) is 0.625. The third-order valence-corrected chi connectivity index (χ3v) is 0.827. The van der Waals surface area contributed by atoms with E-state index in [9.17, 15) is 4.79 Å².